The molecule has 0 aliphatic carbocycles. The Hall–Kier alpha value is -1.44. The molecule has 2 rings (SSSR count). The zero-order valence-corrected chi connectivity index (χ0v) is 16.0. The van der Waals surface area contributed by atoms with Gasteiger partial charge in [0.15, 0.2) is 0 Å². The van der Waals surface area contributed by atoms with Gasteiger partial charge in [-0.05, 0) is 57.1 Å². The van der Waals surface area contributed by atoms with Crippen LogP contribution in [0.2, 0.25) is 0 Å². The van der Waals surface area contributed by atoms with E-state index in [0.717, 1.165) is 32.2 Å². The average molecular weight is 368 g/mol. The van der Waals surface area contributed by atoms with Gasteiger partial charge >= 0.3 is 0 Å². The Morgan fingerprint density at radius 2 is 1.80 bits per heavy atom. The summed E-state index contributed by atoms with van der Waals surface area (Å²) in [5.74, 6) is -0.0569. The van der Waals surface area contributed by atoms with E-state index in [0.29, 0.717) is 31.7 Å². The molecule has 0 radical (unpaired) electrons. The molecule has 1 amide bonds. The molecule has 0 bridgehead atoms. The number of amides is 1. The Balaban J connectivity index is 1.86. The van der Waals surface area contributed by atoms with Gasteiger partial charge in [-0.15, -0.1) is 0 Å². The standard InChI is InChI=1S/C18H29N3O3S/c1-3-4-12-20(2)15-11-18(22)19-16-7-9-17(10-8-16)25(23,24)21-13-5-6-14-21/h7-10H,3-6,11-15H2,1-2H3,(H,19,22). The Morgan fingerprint density at radius 1 is 1.16 bits per heavy atom. The van der Waals surface area contributed by atoms with Crippen molar-refractivity contribution in [3.63, 3.8) is 0 Å². The lowest BCUT2D eigenvalue weighted by Crippen LogP contribution is -2.27. The van der Waals surface area contributed by atoms with Crippen LogP contribution in [0.1, 0.15) is 39.0 Å². The normalized spacial score (nSPS) is 15.6. The number of carbonyl (C=O) groups is 1. The smallest absolute Gasteiger partial charge is 0.243 e. The van der Waals surface area contributed by atoms with E-state index in [4.69, 9.17) is 0 Å². The molecule has 25 heavy (non-hydrogen) atoms. The lowest BCUT2D eigenvalue weighted by Gasteiger charge is -2.16. The first kappa shape index (κ1) is 19.9. The number of unbranched alkanes of at least 4 members (excludes halogenated alkanes) is 1. The number of sulfonamides is 1. The summed E-state index contributed by atoms with van der Waals surface area (Å²) < 4.78 is 26.5. The number of nitrogens with one attached hydrogen (secondary N) is 1. The summed E-state index contributed by atoms with van der Waals surface area (Å²) in [6, 6.07) is 6.44. The monoisotopic (exact) mass is 367 g/mol. The SMILES string of the molecule is CCCCN(C)CCC(=O)Nc1ccc(S(=O)(=O)N2CCCC2)cc1. The van der Waals surface area contributed by atoms with Crippen molar-refractivity contribution in [3.05, 3.63) is 24.3 Å². The third-order valence-corrected chi connectivity index (χ3v) is 6.37. The summed E-state index contributed by atoms with van der Waals surface area (Å²) in [6.45, 7) is 5.03. The molecular weight excluding hydrogens is 338 g/mol. The van der Waals surface area contributed by atoms with Crippen molar-refractivity contribution in [1.82, 2.24) is 9.21 Å². The fourth-order valence-corrected chi connectivity index (χ4v) is 4.36. The van der Waals surface area contributed by atoms with E-state index in [9.17, 15) is 13.2 Å². The Bertz CT molecular complexity index is 653. The maximum absolute atomic E-state index is 12.5. The van der Waals surface area contributed by atoms with Crippen LogP contribution in [-0.2, 0) is 14.8 Å². The summed E-state index contributed by atoms with van der Waals surface area (Å²) >= 11 is 0. The third-order valence-electron chi connectivity index (χ3n) is 4.45. The lowest BCUT2D eigenvalue weighted by molar-refractivity contribution is -0.116. The average Bonchev–Trinajstić information content (AvgIpc) is 3.14. The molecule has 1 aromatic rings. The second-order valence-electron chi connectivity index (χ2n) is 6.59. The first-order valence-electron chi connectivity index (χ1n) is 9.02. The second-order valence-corrected chi connectivity index (χ2v) is 8.53. The van der Waals surface area contributed by atoms with E-state index in [1.165, 1.54) is 4.31 Å². The van der Waals surface area contributed by atoms with Gasteiger partial charge in [-0.1, -0.05) is 13.3 Å². The molecule has 0 saturated carbocycles. The van der Waals surface area contributed by atoms with Gasteiger partial charge in [0, 0.05) is 31.7 Å². The first-order chi connectivity index (χ1) is 11.9. The summed E-state index contributed by atoms with van der Waals surface area (Å²) in [6.07, 6.45) is 4.53. The minimum absolute atomic E-state index is 0.0569. The van der Waals surface area contributed by atoms with Gasteiger partial charge < -0.3 is 10.2 Å². The van der Waals surface area contributed by atoms with Crippen molar-refractivity contribution in [2.75, 3.05) is 38.5 Å². The maximum atomic E-state index is 12.5. The van der Waals surface area contributed by atoms with E-state index >= 15 is 0 Å². The molecule has 140 valence electrons. The molecule has 1 aromatic carbocycles. The van der Waals surface area contributed by atoms with Crippen molar-refractivity contribution in [2.45, 2.75) is 43.9 Å². The number of anilines is 1. The maximum Gasteiger partial charge on any atom is 0.243 e. The highest BCUT2D eigenvalue weighted by Gasteiger charge is 2.26. The van der Waals surface area contributed by atoms with E-state index in [1.807, 2.05) is 7.05 Å². The van der Waals surface area contributed by atoms with Crippen molar-refractivity contribution in [3.8, 4) is 0 Å². The Kier molecular flexibility index (Phi) is 7.40. The minimum atomic E-state index is -3.40. The number of nitrogens with zero attached hydrogens (tertiary/aromatic N) is 2. The van der Waals surface area contributed by atoms with Crippen LogP contribution in [0.5, 0.6) is 0 Å². The van der Waals surface area contributed by atoms with Crippen LogP contribution in [0, 0.1) is 0 Å². The highest BCUT2D eigenvalue weighted by Crippen LogP contribution is 2.22. The number of hydrogen-bond acceptors (Lipinski definition) is 4. The van der Waals surface area contributed by atoms with Crippen molar-refractivity contribution < 1.29 is 13.2 Å². The molecule has 1 aliphatic heterocycles. The Labute approximate surface area is 151 Å². The predicted octanol–water partition coefficient (Wildman–Crippen LogP) is 2.53. The fraction of sp³-hybridized carbons (Fsp3) is 0.611. The van der Waals surface area contributed by atoms with Crippen molar-refractivity contribution in [2.24, 2.45) is 0 Å². The second kappa shape index (κ2) is 9.31. The summed E-state index contributed by atoms with van der Waals surface area (Å²) in [4.78, 5) is 14.4. The summed E-state index contributed by atoms with van der Waals surface area (Å²) in [5.41, 5.74) is 0.626. The first-order valence-corrected chi connectivity index (χ1v) is 10.5. The van der Waals surface area contributed by atoms with Gasteiger partial charge in [0.2, 0.25) is 15.9 Å². The number of rotatable bonds is 9. The molecule has 0 spiro atoms. The number of carbonyl (C=O) groups excluding carboxylic acids is 1. The topological polar surface area (TPSA) is 69.7 Å². The highest BCUT2D eigenvalue weighted by atomic mass is 32.2. The quantitative estimate of drug-likeness (QED) is 0.728. The van der Waals surface area contributed by atoms with Gasteiger partial charge in [-0.2, -0.15) is 4.31 Å². The van der Waals surface area contributed by atoms with Gasteiger partial charge in [0.25, 0.3) is 0 Å². The molecule has 1 fully saturated rings. The third kappa shape index (κ3) is 5.80. The Morgan fingerprint density at radius 3 is 2.40 bits per heavy atom. The highest BCUT2D eigenvalue weighted by molar-refractivity contribution is 7.89. The fourth-order valence-electron chi connectivity index (χ4n) is 2.84. The van der Waals surface area contributed by atoms with Gasteiger partial charge in [-0.3, -0.25) is 4.79 Å². The van der Waals surface area contributed by atoms with Crippen LogP contribution in [0.25, 0.3) is 0 Å². The van der Waals surface area contributed by atoms with Gasteiger partial charge in [0.1, 0.15) is 0 Å². The molecule has 7 heteroatoms. The molecule has 1 heterocycles. The van der Waals surface area contributed by atoms with Crippen LogP contribution in [0.3, 0.4) is 0 Å². The molecule has 0 aromatic heterocycles. The lowest BCUT2D eigenvalue weighted by atomic mass is 10.3. The van der Waals surface area contributed by atoms with Crippen LogP contribution >= 0.6 is 0 Å². The van der Waals surface area contributed by atoms with E-state index in [1.54, 1.807) is 24.3 Å². The molecule has 1 N–H and O–H groups in total. The summed E-state index contributed by atoms with van der Waals surface area (Å²) in [5, 5.41) is 2.83. The van der Waals surface area contributed by atoms with E-state index in [2.05, 4.69) is 17.1 Å². The largest absolute Gasteiger partial charge is 0.326 e. The zero-order chi connectivity index (χ0) is 18.3. The van der Waals surface area contributed by atoms with Crippen molar-refractivity contribution in [1.29, 1.82) is 0 Å². The summed E-state index contributed by atoms with van der Waals surface area (Å²) in [7, 11) is -1.39. The number of hydrogen-bond donors (Lipinski definition) is 1. The molecule has 1 aliphatic rings. The van der Waals surface area contributed by atoms with E-state index in [-0.39, 0.29) is 10.8 Å². The van der Waals surface area contributed by atoms with Gasteiger partial charge in [0.05, 0.1) is 4.90 Å². The number of benzene rings is 1. The van der Waals surface area contributed by atoms with E-state index < -0.39 is 10.0 Å². The van der Waals surface area contributed by atoms with Crippen molar-refractivity contribution >= 4 is 21.6 Å². The predicted molar refractivity (Wildman–Crippen MR) is 100 cm³/mol. The molecular formula is C18H29N3O3S. The van der Waals surface area contributed by atoms with Crippen LogP contribution in [-0.4, -0.2) is 56.8 Å². The van der Waals surface area contributed by atoms with Crippen LogP contribution < -0.4 is 5.32 Å². The molecule has 6 nitrogen and oxygen atoms in total. The molecule has 0 atom stereocenters. The zero-order valence-electron chi connectivity index (χ0n) is 15.2. The molecule has 1 saturated heterocycles. The van der Waals surface area contributed by atoms with Crippen LogP contribution in [0.4, 0.5) is 5.69 Å². The molecule has 0 unspecified atom stereocenters. The van der Waals surface area contributed by atoms with Gasteiger partial charge in [-0.25, -0.2) is 8.42 Å². The minimum Gasteiger partial charge on any atom is -0.326 e. The van der Waals surface area contributed by atoms with Crippen LogP contribution in [0.15, 0.2) is 29.2 Å².